The molecular weight excluding hydrogens is 214 g/mol. The van der Waals surface area contributed by atoms with Crippen molar-refractivity contribution in [2.24, 2.45) is 0 Å². The number of ketones is 1. The molecule has 0 fully saturated rings. The molecule has 2 rings (SSSR count). The lowest BCUT2D eigenvalue weighted by Gasteiger charge is -2.07. The summed E-state index contributed by atoms with van der Waals surface area (Å²) in [5.41, 5.74) is 3.38. The third-order valence-corrected chi connectivity index (χ3v) is 2.96. The first-order chi connectivity index (χ1) is 7.99. The highest BCUT2D eigenvalue weighted by atomic mass is 16.1. The highest BCUT2D eigenvalue weighted by Crippen LogP contribution is 2.19. The molecule has 1 heterocycles. The molecule has 1 aromatic heterocycles. The van der Waals surface area contributed by atoms with Crippen LogP contribution in [0.15, 0.2) is 23.0 Å². The molecule has 0 aliphatic rings. The Hall–Kier alpha value is -1.90. The number of carbonyl (C=O) groups is 1. The molecule has 0 saturated heterocycles. The SMILES string of the molecule is CC(=O)Cc1cc2c(C)ccc(C)c2[nH]c1=O. The first-order valence-electron chi connectivity index (χ1n) is 5.60. The van der Waals surface area contributed by atoms with E-state index in [-0.39, 0.29) is 17.8 Å². The van der Waals surface area contributed by atoms with Crippen LogP contribution in [0.25, 0.3) is 10.9 Å². The van der Waals surface area contributed by atoms with Crippen molar-refractivity contribution in [2.75, 3.05) is 0 Å². The van der Waals surface area contributed by atoms with Gasteiger partial charge in [-0.1, -0.05) is 12.1 Å². The van der Waals surface area contributed by atoms with E-state index in [0.717, 1.165) is 22.0 Å². The standard InChI is InChI=1S/C14H15NO2/c1-8-4-5-9(2)13-12(8)7-11(6-10(3)16)14(17)15-13/h4-5,7H,6H2,1-3H3,(H,15,17). The minimum atomic E-state index is -0.165. The number of hydrogen-bond acceptors (Lipinski definition) is 2. The molecule has 2 aromatic rings. The minimum absolute atomic E-state index is 0.000145. The number of hydrogen-bond donors (Lipinski definition) is 1. The van der Waals surface area contributed by atoms with E-state index >= 15 is 0 Å². The molecule has 3 heteroatoms. The van der Waals surface area contributed by atoms with Gasteiger partial charge in [-0.05, 0) is 38.0 Å². The van der Waals surface area contributed by atoms with Gasteiger partial charge in [0, 0.05) is 17.4 Å². The van der Waals surface area contributed by atoms with Crippen LogP contribution in [0, 0.1) is 13.8 Å². The number of carbonyl (C=O) groups excluding carboxylic acids is 1. The maximum Gasteiger partial charge on any atom is 0.252 e. The number of nitrogens with one attached hydrogen (secondary N) is 1. The molecule has 0 bridgehead atoms. The lowest BCUT2D eigenvalue weighted by molar-refractivity contribution is -0.116. The number of Topliss-reactive ketones (excluding diaryl/α,β-unsaturated/α-hetero) is 1. The zero-order valence-corrected chi connectivity index (χ0v) is 10.3. The summed E-state index contributed by atoms with van der Waals surface area (Å²) >= 11 is 0. The van der Waals surface area contributed by atoms with Gasteiger partial charge in [0.05, 0.1) is 5.52 Å². The van der Waals surface area contributed by atoms with Crippen LogP contribution in [0.5, 0.6) is 0 Å². The second-order valence-corrected chi connectivity index (χ2v) is 4.49. The van der Waals surface area contributed by atoms with E-state index in [2.05, 4.69) is 4.98 Å². The summed E-state index contributed by atoms with van der Waals surface area (Å²) in [5, 5.41) is 1.01. The number of pyridine rings is 1. The first-order valence-corrected chi connectivity index (χ1v) is 5.60. The molecule has 0 spiro atoms. The Morgan fingerprint density at radius 1 is 1.24 bits per heavy atom. The van der Waals surface area contributed by atoms with Crippen molar-refractivity contribution in [2.45, 2.75) is 27.2 Å². The van der Waals surface area contributed by atoms with Gasteiger partial charge in [-0.25, -0.2) is 0 Å². The van der Waals surface area contributed by atoms with Crippen molar-refractivity contribution < 1.29 is 4.79 Å². The highest BCUT2D eigenvalue weighted by Gasteiger charge is 2.08. The molecular formula is C14H15NO2. The molecule has 0 unspecified atom stereocenters. The average Bonchev–Trinajstić information content (AvgIpc) is 2.25. The van der Waals surface area contributed by atoms with Gasteiger partial charge >= 0.3 is 0 Å². The molecule has 0 radical (unpaired) electrons. The number of rotatable bonds is 2. The predicted octanol–water partition coefficient (Wildman–Crippen LogP) is 2.28. The van der Waals surface area contributed by atoms with Gasteiger partial charge in [0.25, 0.3) is 5.56 Å². The molecule has 1 aromatic carbocycles. The Labute approximate surface area is 99.5 Å². The third kappa shape index (κ3) is 2.13. The second-order valence-electron chi connectivity index (χ2n) is 4.49. The average molecular weight is 229 g/mol. The number of aromatic nitrogens is 1. The molecule has 1 N–H and O–H groups in total. The van der Waals surface area contributed by atoms with Crippen LogP contribution < -0.4 is 5.56 Å². The fourth-order valence-corrected chi connectivity index (χ4v) is 2.02. The van der Waals surface area contributed by atoms with Crippen LogP contribution in [0.4, 0.5) is 0 Å². The normalized spacial score (nSPS) is 10.8. The number of fused-ring (bicyclic) bond motifs is 1. The largest absolute Gasteiger partial charge is 0.321 e. The Morgan fingerprint density at radius 2 is 1.88 bits per heavy atom. The Morgan fingerprint density at radius 3 is 2.53 bits per heavy atom. The topological polar surface area (TPSA) is 49.9 Å². The monoisotopic (exact) mass is 229 g/mol. The van der Waals surface area contributed by atoms with E-state index < -0.39 is 0 Å². The van der Waals surface area contributed by atoms with E-state index in [1.54, 1.807) is 0 Å². The second kappa shape index (κ2) is 4.17. The van der Waals surface area contributed by atoms with Gasteiger partial charge in [0.1, 0.15) is 5.78 Å². The Bertz CT molecular complexity index is 653. The fraction of sp³-hybridized carbons (Fsp3) is 0.286. The van der Waals surface area contributed by atoms with Gasteiger partial charge in [-0.3, -0.25) is 9.59 Å². The summed E-state index contributed by atoms with van der Waals surface area (Å²) < 4.78 is 0. The lowest BCUT2D eigenvalue weighted by atomic mass is 10.0. The summed E-state index contributed by atoms with van der Waals surface area (Å²) in [7, 11) is 0. The van der Waals surface area contributed by atoms with Crippen LogP contribution in [0.2, 0.25) is 0 Å². The minimum Gasteiger partial charge on any atom is -0.321 e. The van der Waals surface area contributed by atoms with Crippen molar-refractivity contribution in [3.05, 3.63) is 45.2 Å². The van der Waals surface area contributed by atoms with Crippen LogP contribution in [-0.2, 0) is 11.2 Å². The van der Waals surface area contributed by atoms with Gasteiger partial charge in [-0.2, -0.15) is 0 Å². The predicted molar refractivity (Wildman–Crippen MR) is 68.4 cm³/mol. The van der Waals surface area contributed by atoms with E-state index in [4.69, 9.17) is 0 Å². The molecule has 0 aliphatic heterocycles. The van der Waals surface area contributed by atoms with E-state index in [9.17, 15) is 9.59 Å². The Kier molecular flexibility index (Phi) is 2.84. The molecule has 0 saturated carbocycles. The Balaban J connectivity index is 2.76. The van der Waals surface area contributed by atoms with Crippen molar-refractivity contribution in [1.29, 1.82) is 0 Å². The third-order valence-electron chi connectivity index (χ3n) is 2.96. The smallest absolute Gasteiger partial charge is 0.252 e. The summed E-state index contributed by atoms with van der Waals surface area (Å²) in [4.78, 5) is 25.8. The number of H-pyrrole nitrogens is 1. The molecule has 88 valence electrons. The van der Waals surface area contributed by atoms with Crippen molar-refractivity contribution in [3.63, 3.8) is 0 Å². The van der Waals surface area contributed by atoms with Crippen molar-refractivity contribution >= 4 is 16.7 Å². The molecule has 0 aliphatic carbocycles. The lowest BCUT2D eigenvalue weighted by Crippen LogP contribution is -2.15. The van der Waals surface area contributed by atoms with Crippen LogP contribution in [0.1, 0.15) is 23.6 Å². The summed E-state index contributed by atoms with van der Waals surface area (Å²) in [6.07, 6.45) is 0.193. The zero-order valence-electron chi connectivity index (χ0n) is 10.3. The first kappa shape index (κ1) is 11.6. The molecule has 0 amide bonds. The van der Waals surface area contributed by atoms with Crippen LogP contribution in [-0.4, -0.2) is 10.8 Å². The van der Waals surface area contributed by atoms with Crippen molar-refractivity contribution in [3.8, 4) is 0 Å². The summed E-state index contributed by atoms with van der Waals surface area (Å²) in [6, 6.07) is 5.84. The van der Waals surface area contributed by atoms with E-state index in [1.807, 2.05) is 32.0 Å². The fourth-order valence-electron chi connectivity index (χ4n) is 2.02. The quantitative estimate of drug-likeness (QED) is 0.858. The maximum atomic E-state index is 11.8. The zero-order chi connectivity index (χ0) is 12.6. The molecule has 3 nitrogen and oxygen atoms in total. The summed E-state index contributed by atoms with van der Waals surface area (Å²) in [6.45, 7) is 5.45. The van der Waals surface area contributed by atoms with Gasteiger partial charge < -0.3 is 4.98 Å². The number of aromatic amines is 1. The van der Waals surface area contributed by atoms with Gasteiger partial charge in [0.15, 0.2) is 0 Å². The number of aryl methyl sites for hydroxylation is 2. The van der Waals surface area contributed by atoms with Gasteiger partial charge in [0.2, 0.25) is 0 Å². The van der Waals surface area contributed by atoms with E-state index in [0.29, 0.717) is 5.56 Å². The molecule has 0 atom stereocenters. The molecule has 17 heavy (non-hydrogen) atoms. The van der Waals surface area contributed by atoms with Crippen LogP contribution >= 0.6 is 0 Å². The van der Waals surface area contributed by atoms with E-state index in [1.165, 1.54) is 6.92 Å². The van der Waals surface area contributed by atoms with Crippen LogP contribution in [0.3, 0.4) is 0 Å². The summed E-state index contributed by atoms with van der Waals surface area (Å²) in [5.74, 6) is 0.000145. The number of benzene rings is 1. The highest BCUT2D eigenvalue weighted by molar-refractivity contribution is 5.86. The maximum absolute atomic E-state index is 11.8. The van der Waals surface area contributed by atoms with Crippen molar-refractivity contribution in [1.82, 2.24) is 4.98 Å². The van der Waals surface area contributed by atoms with Gasteiger partial charge in [-0.15, -0.1) is 0 Å².